The minimum atomic E-state index is -0.960. The quantitative estimate of drug-likeness (QED) is 0.145. The largest absolute Gasteiger partial charge is 0.391 e. The second-order valence-electron chi connectivity index (χ2n) is 15.1. The maximum Gasteiger partial charge on any atom is 0.245 e. The van der Waals surface area contributed by atoms with E-state index in [2.05, 4.69) is 10.6 Å². The lowest BCUT2D eigenvalue weighted by Gasteiger charge is -2.41. The van der Waals surface area contributed by atoms with Crippen LogP contribution in [0.15, 0.2) is 30.3 Å². The summed E-state index contributed by atoms with van der Waals surface area (Å²) >= 11 is 0. The van der Waals surface area contributed by atoms with Crippen molar-refractivity contribution in [2.45, 2.75) is 122 Å². The summed E-state index contributed by atoms with van der Waals surface area (Å²) in [7, 11) is 8.08. The summed E-state index contributed by atoms with van der Waals surface area (Å²) in [6, 6.07) is 5.72. The van der Waals surface area contributed by atoms with Gasteiger partial charge in [-0.05, 0) is 51.3 Å². The molecule has 1 aliphatic rings. The first-order valence-corrected chi connectivity index (χ1v) is 18.8. The van der Waals surface area contributed by atoms with Gasteiger partial charge in [0.2, 0.25) is 29.5 Å². The topological polar surface area (TPSA) is 184 Å². The fourth-order valence-electron chi connectivity index (χ4n) is 7.54. The van der Waals surface area contributed by atoms with Crippen LogP contribution in [0, 0.1) is 17.8 Å². The highest BCUT2D eigenvalue weighted by atomic mass is 16.5. The molecule has 0 spiro atoms. The van der Waals surface area contributed by atoms with Gasteiger partial charge in [-0.2, -0.15) is 0 Å². The normalized spacial score (nSPS) is 19.7. The van der Waals surface area contributed by atoms with Gasteiger partial charge in [0, 0.05) is 34.2 Å². The summed E-state index contributed by atoms with van der Waals surface area (Å²) in [6.45, 7) is 11.4. The number of nitrogens with one attached hydrogen (secondary N) is 2. The Morgan fingerprint density at radius 1 is 0.962 bits per heavy atom. The van der Waals surface area contributed by atoms with Crippen LogP contribution < -0.4 is 16.4 Å². The molecule has 2 rings (SSSR count). The molecule has 300 valence electrons. The van der Waals surface area contributed by atoms with E-state index in [0.29, 0.717) is 25.8 Å². The highest BCUT2D eigenvalue weighted by Gasteiger charge is 2.43. The van der Waals surface area contributed by atoms with Crippen LogP contribution in [0.2, 0.25) is 0 Å². The van der Waals surface area contributed by atoms with E-state index in [1.807, 2.05) is 58.0 Å². The smallest absolute Gasteiger partial charge is 0.245 e. The molecule has 53 heavy (non-hydrogen) atoms. The summed E-state index contributed by atoms with van der Waals surface area (Å²) < 4.78 is 11.9. The Hall–Kier alpha value is -3.59. The molecule has 1 aromatic carbocycles. The van der Waals surface area contributed by atoms with Gasteiger partial charge < -0.3 is 40.7 Å². The molecular weight excluding hydrogens is 680 g/mol. The Kier molecular flexibility index (Phi) is 18.3. The number of methoxy groups -OCH3 is 2. The predicted molar refractivity (Wildman–Crippen MR) is 203 cm³/mol. The van der Waals surface area contributed by atoms with Crippen molar-refractivity contribution in [1.29, 1.82) is 0 Å². The highest BCUT2D eigenvalue weighted by Crippen LogP contribution is 2.29. The van der Waals surface area contributed by atoms with Crippen molar-refractivity contribution in [1.82, 2.24) is 25.3 Å². The lowest BCUT2D eigenvalue weighted by atomic mass is 9.89. The number of likely N-dealkylation sites (tertiary alicyclic amines) is 1. The van der Waals surface area contributed by atoms with E-state index in [0.717, 1.165) is 5.56 Å². The van der Waals surface area contributed by atoms with E-state index >= 15 is 0 Å². The molecule has 14 heteroatoms. The third-order valence-corrected chi connectivity index (χ3v) is 10.7. The van der Waals surface area contributed by atoms with Crippen LogP contribution in [0.5, 0.6) is 0 Å². The van der Waals surface area contributed by atoms with Gasteiger partial charge in [-0.15, -0.1) is 0 Å². The third-order valence-electron chi connectivity index (χ3n) is 10.7. The molecule has 10 atom stereocenters. The van der Waals surface area contributed by atoms with Crippen LogP contribution in [0.25, 0.3) is 0 Å². The summed E-state index contributed by atoms with van der Waals surface area (Å²) in [6.07, 6.45) is -0.0592. The number of ether oxygens (including phenoxy) is 2. The second-order valence-corrected chi connectivity index (χ2v) is 15.1. The predicted octanol–water partition coefficient (Wildman–Crippen LogP) is 1.57. The van der Waals surface area contributed by atoms with Gasteiger partial charge in [-0.1, -0.05) is 71.4 Å². The second kappa shape index (κ2) is 21.3. The van der Waals surface area contributed by atoms with Crippen molar-refractivity contribution < 1.29 is 38.6 Å². The van der Waals surface area contributed by atoms with Gasteiger partial charge in [0.25, 0.3) is 0 Å². The molecule has 1 aromatic rings. The van der Waals surface area contributed by atoms with E-state index in [4.69, 9.17) is 15.2 Å². The van der Waals surface area contributed by atoms with Crippen LogP contribution in [0.1, 0.15) is 72.8 Å². The van der Waals surface area contributed by atoms with Crippen molar-refractivity contribution in [2.75, 3.05) is 41.9 Å². The summed E-state index contributed by atoms with van der Waals surface area (Å²) in [5.41, 5.74) is 6.52. The average Bonchev–Trinajstić information content (AvgIpc) is 3.59. The monoisotopic (exact) mass is 746 g/mol. The zero-order valence-electron chi connectivity index (χ0n) is 33.7. The first-order valence-electron chi connectivity index (χ1n) is 18.8. The maximum absolute atomic E-state index is 14.1. The summed E-state index contributed by atoms with van der Waals surface area (Å²) in [4.78, 5) is 72.3. The van der Waals surface area contributed by atoms with Crippen LogP contribution in [-0.4, -0.2) is 140 Å². The number of primary amides is 1. The molecular formula is C39H66N6O8. The van der Waals surface area contributed by atoms with Gasteiger partial charge in [-0.3, -0.25) is 28.9 Å². The Morgan fingerprint density at radius 3 is 2.08 bits per heavy atom. The Morgan fingerprint density at radius 2 is 1.58 bits per heavy atom. The van der Waals surface area contributed by atoms with Crippen molar-refractivity contribution in [2.24, 2.45) is 23.5 Å². The number of hydrogen-bond donors (Lipinski definition) is 4. The standard InChI is InChI=1S/C39H66N6O8/c1-12-24(4)33(44(9)39(51)32(23(2)3)42-38(50)34(26(6)46)43(7)8)30(52-10)22-31(47)45-20-16-19-29(45)35(53-11)25(5)37(49)41-28(36(40)48)21-27-17-14-13-15-18-27/h13-15,17-18,23-26,28-30,32-35,46H,12,16,19-22H2,1-11H3,(H2,40,48)(H,41,49)(H,42,50)/t24-,25+,26+,28?,29?,30+,32?,33-,34-,35+/m0/s1. The molecule has 0 saturated carbocycles. The number of carbonyl (C=O) groups is 5. The molecule has 3 unspecified atom stereocenters. The van der Waals surface area contributed by atoms with E-state index < -0.39 is 72.2 Å². The number of benzene rings is 1. The third kappa shape index (κ3) is 12.2. The fourth-order valence-corrected chi connectivity index (χ4v) is 7.54. The molecule has 1 heterocycles. The molecule has 0 bridgehead atoms. The van der Waals surface area contributed by atoms with Gasteiger partial charge in [0.1, 0.15) is 18.1 Å². The Balaban J connectivity index is 2.27. The van der Waals surface area contributed by atoms with E-state index in [1.54, 1.807) is 42.8 Å². The fraction of sp³-hybridized carbons (Fsp3) is 0.718. The van der Waals surface area contributed by atoms with E-state index in [-0.39, 0.29) is 36.5 Å². The molecule has 14 nitrogen and oxygen atoms in total. The van der Waals surface area contributed by atoms with E-state index in [1.165, 1.54) is 21.1 Å². The van der Waals surface area contributed by atoms with E-state index in [9.17, 15) is 29.1 Å². The molecule has 0 radical (unpaired) electrons. The molecule has 0 aliphatic carbocycles. The van der Waals surface area contributed by atoms with Crippen molar-refractivity contribution in [3.05, 3.63) is 35.9 Å². The molecule has 1 fully saturated rings. The van der Waals surface area contributed by atoms with Crippen LogP contribution in [-0.2, 0) is 39.9 Å². The number of amides is 5. The highest BCUT2D eigenvalue weighted by molar-refractivity contribution is 5.90. The molecule has 1 aliphatic heterocycles. The minimum Gasteiger partial charge on any atom is -0.391 e. The molecule has 5 N–H and O–H groups in total. The lowest BCUT2D eigenvalue weighted by molar-refractivity contribution is -0.148. The minimum absolute atomic E-state index is 0.0269. The first-order chi connectivity index (χ1) is 24.9. The zero-order valence-corrected chi connectivity index (χ0v) is 33.7. The van der Waals surface area contributed by atoms with Crippen LogP contribution >= 0.6 is 0 Å². The maximum atomic E-state index is 14.1. The van der Waals surface area contributed by atoms with Gasteiger partial charge in [-0.25, -0.2) is 0 Å². The number of nitrogens with zero attached hydrogens (tertiary/aromatic N) is 3. The number of likely N-dealkylation sites (N-methyl/N-ethyl adjacent to an activating group) is 2. The lowest BCUT2D eigenvalue weighted by Crippen LogP contribution is -2.60. The van der Waals surface area contributed by atoms with Crippen LogP contribution in [0.3, 0.4) is 0 Å². The zero-order chi connectivity index (χ0) is 40.2. The van der Waals surface area contributed by atoms with Gasteiger partial charge in [0.05, 0.1) is 42.7 Å². The molecule has 5 amide bonds. The van der Waals surface area contributed by atoms with Gasteiger partial charge in [0.15, 0.2) is 0 Å². The molecule has 1 saturated heterocycles. The summed E-state index contributed by atoms with van der Waals surface area (Å²) in [5.74, 6) is -3.08. The van der Waals surface area contributed by atoms with Crippen molar-refractivity contribution in [3.63, 3.8) is 0 Å². The van der Waals surface area contributed by atoms with Crippen molar-refractivity contribution >= 4 is 29.5 Å². The first kappa shape index (κ1) is 45.6. The number of aliphatic hydroxyl groups is 1. The number of carbonyl (C=O) groups excluding carboxylic acids is 5. The average molecular weight is 747 g/mol. The number of nitrogens with two attached hydrogens (primary N) is 1. The molecule has 0 aromatic heterocycles. The Labute approximate surface area is 316 Å². The number of hydrogen-bond acceptors (Lipinski definition) is 9. The summed E-state index contributed by atoms with van der Waals surface area (Å²) in [5, 5.41) is 15.9. The van der Waals surface area contributed by atoms with Crippen molar-refractivity contribution in [3.8, 4) is 0 Å². The number of rotatable bonds is 21. The SMILES string of the molecule is CC[C@H](C)[C@@H]([C@@H](CC(=O)N1CCCC1[C@H](OC)[C@@H](C)C(=O)NC(Cc1ccccc1)C(N)=O)OC)N(C)C(=O)C(NC(=O)[C@H]([C@@H](C)O)N(C)C)C(C)C. The number of aliphatic hydroxyl groups excluding tert-OH is 1. The van der Waals surface area contributed by atoms with Crippen LogP contribution in [0.4, 0.5) is 0 Å². The Bertz CT molecular complexity index is 1340. The van der Waals surface area contributed by atoms with Gasteiger partial charge >= 0.3 is 0 Å².